The lowest BCUT2D eigenvalue weighted by Crippen LogP contribution is -2.34. The van der Waals surface area contributed by atoms with Gasteiger partial charge >= 0.3 is 0 Å². The van der Waals surface area contributed by atoms with Gasteiger partial charge in [-0.1, -0.05) is 41.4 Å². The van der Waals surface area contributed by atoms with Crippen LogP contribution in [-0.4, -0.2) is 39.9 Å². The van der Waals surface area contributed by atoms with Gasteiger partial charge in [0.05, 0.1) is 21.9 Å². The Balaban J connectivity index is 1.48. The first kappa shape index (κ1) is 18.9. The van der Waals surface area contributed by atoms with E-state index < -0.39 is 0 Å². The predicted molar refractivity (Wildman–Crippen MR) is 102 cm³/mol. The van der Waals surface area contributed by atoms with Crippen molar-refractivity contribution in [3.8, 4) is 5.69 Å². The standard InChI is InChI=1S/C18H15Cl2N5O2/c19-14-7-6-12(10-15(14)20)17(26)21-8-9-22-18(27)16-11-23-25(24-16)13-4-2-1-3-5-13/h1-7,10-11H,8-9H2,(H,21,26)(H,22,27). The van der Waals surface area contributed by atoms with E-state index in [-0.39, 0.29) is 30.6 Å². The summed E-state index contributed by atoms with van der Waals surface area (Å²) in [6.07, 6.45) is 1.39. The lowest BCUT2D eigenvalue weighted by Gasteiger charge is -2.07. The fourth-order valence-electron chi connectivity index (χ4n) is 2.23. The van der Waals surface area contributed by atoms with Gasteiger partial charge in [-0.2, -0.15) is 9.90 Å². The number of carbonyl (C=O) groups excluding carboxylic acids is 2. The smallest absolute Gasteiger partial charge is 0.273 e. The summed E-state index contributed by atoms with van der Waals surface area (Å²) in [4.78, 5) is 25.5. The van der Waals surface area contributed by atoms with E-state index in [1.807, 2.05) is 30.3 Å². The topological polar surface area (TPSA) is 88.9 Å². The minimum absolute atomic E-state index is 0.190. The third-order valence-corrected chi connectivity index (χ3v) is 4.33. The summed E-state index contributed by atoms with van der Waals surface area (Å²) in [5, 5.41) is 14.3. The molecule has 0 unspecified atom stereocenters. The molecule has 0 saturated heterocycles. The predicted octanol–water partition coefficient (Wildman–Crippen LogP) is 2.73. The summed E-state index contributed by atoms with van der Waals surface area (Å²) in [6, 6.07) is 13.9. The molecule has 0 spiro atoms. The van der Waals surface area contributed by atoms with Gasteiger partial charge < -0.3 is 10.6 Å². The molecule has 138 valence electrons. The number of nitrogens with zero attached hydrogens (tertiary/aromatic N) is 3. The van der Waals surface area contributed by atoms with Crippen molar-refractivity contribution in [2.45, 2.75) is 0 Å². The zero-order valence-corrected chi connectivity index (χ0v) is 15.5. The first-order chi connectivity index (χ1) is 13.0. The Kier molecular flexibility index (Phi) is 6.05. The second-order valence-corrected chi connectivity index (χ2v) is 6.31. The summed E-state index contributed by atoms with van der Waals surface area (Å²) >= 11 is 11.7. The van der Waals surface area contributed by atoms with Crippen LogP contribution < -0.4 is 10.6 Å². The van der Waals surface area contributed by atoms with Crippen LogP contribution in [0.25, 0.3) is 5.69 Å². The Bertz CT molecular complexity index is 959. The number of rotatable bonds is 6. The molecule has 2 N–H and O–H groups in total. The molecule has 0 bridgehead atoms. The molecule has 0 aliphatic rings. The van der Waals surface area contributed by atoms with E-state index in [0.717, 1.165) is 5.69 Å². The largest absolute Gasteiger partial charge is 0.350 e. The van der Waals surface area contributed by atoms with Gasteiger partial charge in [0, 0.05) is 18.7 Å². The zero-order chi connectivity index (χ0) is 19.2. The van der Waals surface area contributed by atoms with Crippen LogP contribution in [0.2, 0.25) is 10.0 Å². The quantitative estimate of drug-likeness (QED) is 0.619. The SMILES string of the molecule is O=C(NCCNC(=O)c1cnn(-c2ccccc2)n1)c1ccc(Cl)c(Cl)c1. The maximum Gasteiger partial charge on any atom is 0.273 e. The second-order valence-electron chi connectivity index (χ2n) is 5.50. The van der Waals surface area contributed by atoms with Crippen molar-refractivity contribution < 1.29 is 9.59 Å². The van der Waals surface area contributed by atoms with Crippen molar-refractivity contribution in [3.05, 3.63) is 76.0 Å². The fourth-order valence-corrected chi connectivity index (χ4v) is 2.53. The van der Waals surface area contributed by atoms with E-state index in [4.69, 9.17) is 23.2 Å². The molecule has 2 amide bonds. The van der Waals surface area contributed by atoms with Gasteiger partial charge in [0.2, 0.25) is 0 Å². The Morgan fingerprint density at radius 1 is 0.926 bits per heavy atom. The first-order valence-corrected chi connectivity index (χ1v) is 8.79. The normalized spacial score (nSPS) is 10.4. The minimum Gasteiger partial charge on any atom is -0.350 e. The van der Waals surface area contributed by atoms with E-state index in [2.05, 4.69) is 20.8 Å². The van der Waals surface area contributed by atoms with E-state index >= 15 is 0 Å². The van der Waals surface area contributed by atoms with Crippen LogP contribution in [0.3, 0.4) is 0 Å². The van der Waals surface area contributed by atoms with Crippen LogP contribution in [0, 0.1) is 0 Å². The molecule has 2 aromatic carbocycles. The first-order valence-electron chi connectivity index (χ1n) is 8.04. The summed E-state index contributed by atoms with van der Waals surface area (Å²) in [7, 11) is 0. The third-order valence-electron chi connectivity index (χ3n) is 3.59. The van der Waals surface area contributed by atoms with Gasteiger partial charge in [0.1, 0.15) is 0 Å². The molecule has 7 nitrogen and oxygen atoms in total. The molecule has 9 heteroatoms. The van der Waals surface area contributed by atoms with Crippen molar-refractivity contribution in [2.75, 3.05) is 13.1 Å². The number of benzene rings is 2. The highest BCUT2D eigenvalue weighted by atomic mass is 35.5. The van der Waals surface area contributed by atoms with E-state index in [0.29, 0.717) is 15.6 Å². The molecule has 0 fully saturated rings. The number of halogens is 2. The van der Waals surface area contributed by atoms with Gasteiger partial charge in [-0.25, -0.2) is 0 Å². The monoisotopic (exact) mass is 403 g/mol. The molecular formula is C18H15Cl2N5O2. The number of aromatic nitrogens is 3. The zero-order valence-electron chi connectivity index (χ0n) is 14.0. The van der Waals surface area contributed by atoms with Gasteiger partial charge in [-0.3, -0.25) is 9.59 Å². The van der Waals surface area contributed by atoms with Crippen molar-refractivity contribution >= 4 is 35.0 Å². The van der Waals surface area contributed by atoms with Crippen LogP contribution in [0.4, 0.5) is 0 Å². The maximum absolute atomic E-state index is 12.1. The highest BCUT2D eigenvalue weighted by Gasteiger charge is 2.12. The average molecular weight is 404 g/mol. The molecule has 0 radical (unpaired) electrons. The molecule has 0 aliphatic heterocycles. The Hall–Kier alpha value is -2.90. The Labute approximate surface area is 165 Å². The van der Waals surface area contributed by atoms with Gasteiger partial charge in [-0.15, -0.1) is 5.10 Å². The van der Waals surface area contributed by atoms with E-state index in [1.165, 1.54) is 17.1 Å². The average Bonchev–Trinajstić information content (AvgIpc) is 3.18. The van der Waals surface area contributed by atoms with Crippen LogP contribution in [0.15, 0.2) is 54.7 Å². The highest BCUT2D eigenvalue weighted by molar-refractivity contribution is 6.42. The van der Waals surface area contributed by atoms with Crippen LogP contribution in [0.5, 0.6) is 0 Å². The van der Waals surface area contributed by atoms with Crippen molar-refractivity contribution in [1.82, 2.24) is 25.6 Å². The minimum atomic E-state index is -0.374. The lowest BCUT2D eigenvalue weighted by molar-refractivity contribution is 0.0925. The highest BCUT2D eigenvalue weighted by Crippen LogP contribution is 2.22. The summed E-state index contributed by atoms with van der Waals surface area (Å²) in [5.41, 5.74) is 1.33. The number of amides is 2. The van der Waals surface area contributed by atoms with Crippen LogP contribution in [0.1, 0.15) is 20.8 Å². The van der Waals surface area contributed by atoms with E-state index in [9.17, 15) is 9.59 Å². The third kappa shape index (κ3) is 4.84. The Morgan fingerprint density at radius 2 is 1.63 bits per heavy atom. The van der Waals surface area contributed by atoms with Crippen molar-refractivity contribution in [1.29, 1.82) is 0 Å². The van der Waals surface area contributed by atoms with Gasteiger partial charge in [0.25, 0.3) is 11.8 Å². The summed E-state index contributed by atoms with van der Waals surface area (Å²) in [5.74, 6) is -0.682. The lowest BCUT2D eigenvalue weighted by atomic mass is 10.2. The number of hydrogen-bond acceptors (Lipinski definition) is 4. The van der Waals surface area contributed by atoms with Crippen molar-refractivity contribution in [3.63, 3.8) is 0 Å². The summed E-state index contributed by atoms with van der Waals surface area (Å²) < 4.78 is 0. The molecule has 0 atom stereocenters. The van der Waals surface area contributed by atoms with Gasteiger partial charge in [-0.05, 0) is 30.3 Å². The number of hydrogen-bond donors (Lipinski definition) is 2. The molecule has 0 aliphatic carbocycles. The number of nitrogens with one attached hydrogen (secondary N) is 2. The molecule has 3 rings (SSSR count). The van der Waals surface area contributed by atoms with Crippen molar-refractivity contribution in [2.24, 2.45) is 0 Å². The van der Waals surface area contributed by atoms with Gasteiger partial charge in [0.15, 0.2) is 5.69 Å². The molecule has 0 saturated carbocycles. The maximum atomic E-state index is 12.1. The molecule has 1 aromatic heterocycles. The summed E-state index contributed by atoms with van der Waals surface area (Å²) in [6.45, 7) is 0.488. The number of carbonyl (C=O) groups is 2. The molecule has 27 heavy (non-hydrogen) atoms. The molecule has 3 aromatic rings. The molecular weight excluding hydrogens is 389 g/mol. The van der Waals surface area contributed by atoms with Crippen LogP contribution in [-0.2, 0) is 0 Å². The fraction of sp³-hybridized carbons (Fsp3) is 0.111. The number of para-hydroxylation sites is 1. The van der Waals surface area contributed by atoms with E-state index in [1.54, 1.807) is 12.1 Å². The molecule has 1 heterocycles. The van der Waals surface area contributed by atoms with Crippen LogP contribution >= 0.6 is 23.2 Å². The Morgan fingerprint density at radius 3 is 2.33 bits per heavy atom. The second kappa shape index (κ2) is 8.66.